The van der Waals surface area contributed by atoms with Crippen molar-refractivity contribution in [1.82, 2.24) is 0 Å². The van der Waals surface area contributed by atoms with E-state index in [9.17, 15) is 44.0 Å². The maximum absolute atomic E-state index is 12.6. The fraction of sp³-hybridized carbons (Fsp3) is 0.0556. The number of phenolic OH excluding ortho intramolecular Hbond substituents is 1. The third-order valence-corrected chi connectivity index (χ3v) is 11.2. The van der Waals surface area contributed by atoms with E-state index < -0.39 is 73.2 Å². The van der Waals surface area contributed by atoms with Gasteiger partial charge in [-0.15, -0.1) is 15.3 Å². The summed E-state index contributed by atoms with van der Waals surface area (Å²) in [5, 5.41) is 34.8. The van der Waals surface area contributed by atoms with Gasteiger partial charge in [-0.1, -0.05) is 12.1 Å². The number of rotatable bonds is 10. The third-order valence-electron chi connectivity index (χ3n) is 8.57. The topological polar surface area (TPSA) is 336 Å². The van der Waals surface area contributed by atoms with Gasteiger partial charge in [-0.25, -0.2) is 0 Å². The van der Waals surface area contributed by atoms with Crippen molar-refractivity contribution in [1.29, 1.82) is 0 Å². The van der Waals surface area contributed by atoms with Gasteiger partial charge in [0.25, 0.3) is 30.4 Å². The maximum Gasteiger partial charge on any atom is 0.296 e. The fourth-order valence-electron chi connectivity index (χ4n) is 5.67. The zero-order chi connectivity index (χ0) is 42.3. The summed E-state index contributed by atoms with van der Waals surface area (Å²) in [6, 6.07) is 21.2. The lowest BCUT2D eigenvalue weighted by atomic mass is 10.0. The van der Waals surface area contributed by atoms with Crippen LogP contribution in [0.25, 0.3) is 21.9 Å². The molecule has 0 amide bonds. The molecule has 10 N–H and O–H groups in total. The van der Waals surface area contributed by atoms with Gasteiger partial charge in [0.2, 0.25) is 0 Å². The maximum atomic E-state index is 12.6. The lowest BCUT2D eigenvalue weighted by molar-refractivity contribution is 0.472. The normalized spacial score (nSPS) is 12.7. The van der Waals surface area contributed by atoms with Gasteiger partial charge in [-0.2, -0.15) is 40.6 Å². The van der Waals surface area contributed by atoms with Gasteiger partial charge in [0.15, 0.2) is 5.75 Å². The van der Waals surface area contributed by atoms with E-state index in [2.05, 4.69) is 30.7 Å². The van der Waals surface area contributed by atoms with Crippen LogP contribution in [0.5, 0.6) is 5.75 Å². The Bertz CT molecular complexity index is 3100. The summed E-state index contributed by atoms with van der Waals surface area (Å²) in [5.41, 5.74) is 21.2. The van der Waals surface area contributed by atoms with E-state index in [1.54, 1.807) is 49.4 Å². The molecule has 0 bridgehead atoms. The molecule has 0 atom stereocenters. The molecule has 0 aliphatic carbocycles. The van der Waals surface area contributed by atoms with Gasteiger partial charge >= 0.3 is 0 Å². The molecule has 0 saturated carbocycles. The van der Waals surface area contributed by atoms with Gasteiger partial charge in [-0.05, 0) is 120 Å². The minimum atomic E-state index is -5.18. The monoisotopic (exact) mass is 845 g/mol. The van der Waals surface area contributed by atoms with Crippen molar-refractivity contribution in [2.75, 3.05) is 17.2 Å². The third kappa shape index (κ3) is 8.66. The summed E-state index contributed by atoms with van der Waals surface area (Å²) >= 11 is 0. The molecule has 0 spiro atoms. The van der Waals surface area contributed by atoms with E-state index in [1.165, 1.54) is 0 Å². The largest absolute Gasteiger partial charge is 0.505 e. The summed E-state index contributed by atoms with van der Waals surface area (Å²) in [5.74, 6) is -0.989. The standard InChI is InChI=1S/C36H31N9O10S3/c1-18-13-20(3-10-27(18)41-43-29-12-5-23(37)17-26(29)38)21-4-11-28(19(2)14-21)42-44-34-30(57(50,51)52)15-22-16-31(58(53,54)55)35(36(46)32(22)33(34)39)45-40-24-6-8-25(9-7-24)56(47,48)49/h3-17,46H,37-39H2,1-2H3,(H,47,48,49)(H,50,51,52)(H,53,54,55). The predicted octanol–water partition coefficient (Wildman–Crippen LogP) is 8.56. The number of benzene rings is 6. The van der Waals surface area contributed by atoms with E-state index >= 15 is 0 Å². The lowest BCUT2D eigenvalue weighted by Crippen LogP contribution is -2.03. The van der Waals surface area contributed by atoms with Crippen molar-refractivity contribution >= 4 is 92.3 Å². The zero-order valence-electron chi connectivity index (χ0n) is 30.0. The Hall–Kier alpha value is -6.69. The van der Waals surface area contributed by atoms with Crippen molar-refractivity contribution in [3.8, 4) is 16.9 Å². The molecular formula is C36H31N9O10S3. The van der Waals surface area contributed by atoms with E-state index in [0.717, 1.165) is 53.1 Å². The summed E-state index contributed by atoms with van der Waals surface area (Å²) in [7, 11) is -14.9. The van der Waals surface area contributed by atoms with Gasteiger partial charge in [0.05, 0.1) is 38.7 Å². The first-order chi connectivity index (χ1) is 27.1. The molecule has 298 valence electrons. The Morgan fingerprint density at radius 1 is 0.517 bits per heavy atom. The smallest absolute Gasteiger partial charge is 0.296 e. The van der Waals surface area contributed by atoms with Crippen LogP contribution in [0, 0.1) is 13.8 Å². The first kappa shape index (κ1) is 41.0. The molecule has 6 aromatic rings. The van der Waals surface area contributed by atoms with Crippen LogP contribution in [0.4, 0.5) is 51.2 Å². The number of aryl methyl sites for hydroxylation is 2. The molecule has 0 aliphatic heterocycles. The van der Waals surface area contributed by atoms with Crippen molar-refractivity contribution in [3.05, 3.63) is 102 Å². The van der Waals surface area contributed by atoms with Crippen LogP contribution in [0.15, 0.2) is 136 Å². The van der Waals surface area contributed by atoms with Crippen molar-refractivity contribution in [2.45, 2.75) is 28.5 Å². The molecule has 0 radical (unpaired) electrons. The van der Waals surface area contributed by atoms with Crippen LogP contribution >= 0.6 is 0 Å². The summed E-state index contributed by atoms with van der Waals surface area (Å²) < 4.78 is 102. The summed E-state index contributed by atoms with van der Waals surface area (Å²) in [4.78, 5) is -2.41. The van der Waals surface area contributed by atoms with Crippen LogP contribution in [0.3, 0.4) is 0 Å². The molecule has 0 fully saturated rings. The Morgan fingerprint density at radius 3 is 1.50 bits per heavy atom. The molecule has 0 saturated heterocycles. The minimum Gasteiger partial charge on any atom is -0.505 e. The summed E-state index contributed by atoms with van der Waals surface area (Å²) in [6.45, 7) is 3.58. The zero-order valence-corrected chi connectivity index (χ0v) is 32.5. The highest BCUT2D eigenvalue weighted by Crippen LogP contribution is 2.48. The molecule has 0 heterocycles. The second-order valence-electron chi connectivity index (χ2n) is 12.6. The Labute approximate surface area is 330 Å². The molecule has 6 aromatic carbocycles. The number of nitrogen functional groups attached to an aromatic ring is 3. The SMILES string of the molecule is Cc1cc(-c2ccc(N=Nc3c(S(=O)(=O)O)cc4cc(S(=O)(=O)O)c(N=Nc5ccc(S(=O)(=O)O)cc5)c(O)c4c3N)c(C)c2)ccc1N=Nc1ccc(N)cc1N. The number of aromatic hydroxyl groups is 1. The van der Waals surface area contributed by atoms with Gasteiger partial charge in [0.1, 0.15) is 26.9 Å². The highest BCUT2D eigenvalue weighted by Gasteiger charge is 2.28. The number of nitrogens with zero attached hydrogens (tertiary/aromatic N) is 6. The first-order valence-electron chi connectivity index (χ1n) is 16.4. The number of hydrogen-bond donors (Lipinski definition) is 7. The number of fused-ring (bicyclic) bond motifs is 1. The molecule has 58 heavy (non-hydrogen) atoms. The highest BCUT2D eigenvalue weighted by molar-refractivity contribution is 7.86. The molecule has 0 aromatic heterocycles. The summed E-state index contributed by atoms with van der Waals surface area (Å²) in [6.07, 6.45) is 0. The van der Waals surface area contributed by atoms with Crippen molar-refractivity contribution in [2.24, 2.45) is 30.7 Å². The number of anilines is 3. The van der Waals surface area contributed by atoms with Gasteiger partial charge in [-0.3, -0.25) is 13.7 Å². The Balaban J connectivity index is 1.37. The highest BCUT2D eigenvalue weighted by atomic mass is 32.2. The van der Waals surface area contributed by atoms with Crippen molar-refractivity contribution < 1.29 is 44.0 Å². The number of nitrogens with two attached hydrogens (primary N) is 3. The van der Waals surface area contributed by atoms with E-state index in [4.69, 9.17) is 17.2 Å². The molecule has 0 unspecified atom stereocenters. The first-order valence-corrected chi connectivity index (χ1v) is 20.7. The molecule has 6 rings (SSSR count). The number of phenols is 1. The second kappa shape index (κ2) is 15.3. The fourth-order valence-corrected chi connectivity index (χ4v) is 7.48. The molecule has 0 aliphatic rings. The van der Waals surface area contributed by atoms with Gasteiger partial charge in [0, 0.05) is 5.69 Å². The molecule has 19 nitrogen and oxygen atoms in total. The van der Waals surface area contributed by atoms with E-state index in [1.807, 2.05) is 19.1 Å². The average Bonchev–Trinajstić information content (AvgIpc) is 3.13. The van der Waals surface area contributed by atoms with Crippen LogP contribution in [0.1, 0.15) is 11.1 Å². The lowest BCUT2D eigenvalue weighted by Gasteiger charge is -2.14. The van der Waals surface area contributed by atoms with Crippen LogP contribution < -0.4 is 17.2 Å². The van der Waals surface area contributed by atoms with E-state index in [-0.39, 0.29) is 16.8 Å². The van der Waals surface area contributed by atoms with Crippen LogP contribution in [0.2, 0.25) is 0 Å². The number of azo groups is 3. The van der Waals surface area contributed by atoms with Gasteiger partial charge < -0.3 is 22.3 Å². The Morgan fingerprint density at radius 2 is 1.00 bits per heavy atom. The minimum absolute atomic E-state index is 0.0752. The van der Waals surface area contributed by atoms with Crippen LogP contribution in [-0.2, 0) is 30.4 Å². The van der Waals surface area contributed by atoms with Crippen LogP contribution in [-0.4, -0.2) is 44.0 Å². The molecule has 22 heteroatoms. The second-order valence-corrected chi connectivity index (χ2v) is 16.8. The quantitative estimate of drug-likeness (QED) is 0.0386. The molecular weight excluding hydrogens is 815 g/mol. The Kier molecular flexibility index (Phi) is 10.8. The van der Waals surface area contributed by atoms with E-state index in [0.29, 0.717) is 28.3 Å². The average molecular weight is 846 g/mol. The predicted molar refractivity (Wildman–Crippen MR) is 215 cm³/mol. The number of hydrogen-bond acceptors (Lipinski definition) is 16. The van der Waals surface area contributed by atoms with Crippen molar-refractivity contribution in [3.63, 3.8) is 0 Å².